The predicted octanol–water partition coefficient (Wildman–Crippen LogP) is -0.623. The third-order valence-electron chi connectivity index (χ3n) is 2.04. The van der Waals surface area contributed by atoms with Crippen molar-refractivity contribution < 1.29 is 16.8 Å². The van der Waals surface area contributed by atoms with Crippen molar-refractivity contribution in [2.75, 3.05) is 24.3 Å². The maximum atomic E-state index is 11.8. The first-order chi connectivity index (χ1) is 8.22. The summed E-state index contributed by atoms with van der Waals surface area (Å²) in [4.78, 5) is 3.68. The summed E-state index contributed by atoms with van der Waals surface area (Å²) in [7, 11) is -6.88. The minimum absolute atomic E-state index is 0.0193. The number of sulfonamides is 1. The van der Waals surface area contributed by atoms with Crippen LogP contribution in [0.15, 0.2) is 23.4 Å². The Morgan fingerprint density at radius 2 is 2.00 bits per heavy atom. The molecule has 1 rings (SSSR count). The van der Waals surface area contributed by atoms with Gasteiger partial charge in [-0.2, -0.15) is 0 Å². The van der Waals surface area contributed by atoms with Crippen molar-refractivity contribution in [2.24, 2.45) is 0 Å². The maximum Gasteiger partial charge on any atom is 0.260 e. The zero-order chi connectivity index (χ0) is 13.8. The van der Waals surface area contributed by atoms with Crippen LogP contribution in [0.1, 0.15) is 6.42 Å². The van der Waals surface area contributed by atoms with Gasteiger partial charge in [-0.05, 0) is 18.6 Å². The number of pyridine rings is 1. The fourth-order valence-corrected chi connectivity index (χ4v) is 3.03. The Labute approximate surface area is 106 Å². The fraction of sp³-hybridized carbons (Fsp3) is 0.444. The zero-order valence-corrected chi connectivity index (χ0v) is 11.5. The fourth-order valence-electron chi connectivity index (χ4n) is 1.24. The minimum atomic E-state index is -3.79. The molecule has 1 heterocycles. The number of aromatic nitrogens is 1. The van der Waals surface area contributed by atoms with Crippen molar-refractivity contribution >= 4 is 25.5 Å². The molecule has 7 nitrogen and oxygen atoms in total. The Kier molecular flexibility index (Phi) is 4.65. The Morgan fingerprint density at radius 3 is 2.56 bits per heavy atom. The first-order valence-corrected chi connectivity index (χ1v) is 8.64. The summed E-state index contributed by atoms with van der Waals surface area (Å²) in [6, 6.07) is 2.95. The molecular formula is C9H15N3O4S2. The van der Waals surface area contributed by atoms with E-state index in [-0.39, 0.29) is 29.4 Å². The smallest absolute Gasteiger partial charge is 0.260 e. The van der Waals surface area contributed by atoms with Crippen molar-refractivity contribution in [3.63, 3.8) is 0 Å². The average molecular weight is 293 g/mol. The van der Waals surface area contributed by atoms with Crippen LogP contribution in [-0.4, -0.2) is 40.4 Å². The summed E-state index contributed by atoms with van der Waals surface area (Å²) in [6.07, 6.45) is 2.62. The Bertz CT molecular complexity index is 610. The molecule has 0 aliphatic heterocycles. The molecule has 0 saturated carbocycles. The molecule has 0 aliphatic carbocycles. The van der Waals surface area contributed by atoms with Crippen LogP contribution in [0.4, 0.5) is 5.69 Å². The van der Waals surface area contributed by atoms with E-state index in [9.17, 15) is 16.8 Å². The quantitative estimate of drug-likeness (QED) is 0.674. The van der Waals surface area contributed by atoms with Crippen LogP contribution in [0.2, 0.25) is 0 Å². The number of sulfone groups is 1. The second-order valence-corrected chi connectivity index (χ2v) is 7.72. The molecule has 0 radical (unpaired) electrons. The van der Waals surface area contributed by atoms with E-state index >= 15 is 0 Å². The van der Waals surface area contributed by atoms with E-state index in [0.717, 1.165) is 6.26 Å². The van der Waals surface area contributed by atoms with Crippen LogP contribution in [0.3, 0.4) is 0 Å². The average Bonchev–Trinajstić information content (AvgIpc) is 2.24. The largest absolute Gasteiger partial charge is 0.396 e. The van der Waals surface area contributed by atoms with E-state index in [1.807, 2.05) is 0 Å². The summed E-state index contributed by atoms with van der Waals surface area (Å²) in [5.74, 6) is -0.0762. The van der Waals surface area contributed by atoms with E-state index in [4.69, 9.17) is 5.73 Å². The molecule has 0 spiro atoms. The van der Waals surface area contributed by atoms with E-state index < -0.39 is 19.9 Å². The van der Waals surface area contributed by atoms with Gasteiger partial charge in [-0.3, -0.25) is 0 Å². The highest BCUT2D eigenvalue weighted by Crippen LogP contribution is 2.13. The van der Waals surface area contributed by atoms with Gasteiger partial charge in [0.2, 0.25) is 0 Å². The summed E-state index contributed by atoms with van der Waals surface area (Å²) in [5, 5.41) is -0.246. The summed E-state index contributed by atoms with van der Waals surface area (Å²) >= 11 is 0. The molecule has 1 aromatic heterocycles. The van der Waals surface area contributed by atoms with E-state index in [2.05, 4.69) is 9.71 Å². The van der Waals surface area contributed by atoms with Gasteiger partial charge in [-0.15, -0.1) is 0 Å². The molecule has 0 unspecified atom stereocenters. The number of anilines is 1. The first kappa shape index (κ1) is 14.9. The molecule has 0 atom stereocenters. The van der Waals surface area contributed by atoms with E-state index in [0.29, 0.717) is 0 Å². The molecule has 3 N–H and O–H groups in total. The molecule has 0 aliphatic rings. The molecule has 0 fully saturated rings. The van der Waals surface area contributed by atoms with Crippen molar-refractivity contribution in [2.45, 2.75) is 11.4 Å². The van der Waals surface area contributed by atoms with Crippen LogP contribution in [-0.2, 0) is 19.9 Å². The van der Waals surface area contributed by atoms with Crippen LogP contribution >= 0.6 is 0 Å². The lowest BCUT2D eigenvalue weighted by atomic mass is 10.4. The van der Waals surface area contributed by atoms with Crippen LogP contribution in [0.5, 0.6) is 0 Å². The highest BCUT2D eigenvalue weighted by atomic mass is 32.2. The van der Waals surface area contributed by atoms with Crippen molar-refractivity contribution in [1.29, 1.82) is 0 Å². The van der Waals surface area contributed by atoms with Gasteiger partial charge >= 0.3 is 0 Å². The van der Waals surface area contributed by atoms with Gasteiger partial charge in [-0.25, -0.2) is 26.5 Å². The number of hydrogen-bond acceptors (Lipinski definition) is 6. The standard InChI is InChI=1S/C9H15N3O4S2/c1-17(13,14)7-3-6-12-18(15,16)9-8(10)4-2-5-11-9/h2,4-5,12H,3,6-7,10H2,1H3. The van der Waals surface area contributed by atoms with Gasteiger partial charge in [0.25, 0.3) is 10.0 Å². The molecule has 0 bridgehead atoms. The molecule has 102 valence electrons. The van der Waals surface area contributed by atoms with Crippen LogP contribution in [0, 0.1) is 0 Å². The van der Waals surface area contributed by atoms with Crippen molar-refractivity contribution in [3.8, 4) is 0 Å². The number of rotatable bonds is 6. The minimum Gasteiger partial charge on any atom is -0.396 e. The van der Waals surface area contributed by atoms with Crippen LogP contribution < -0.4 is 10.5 Å². The Balaban J connectivity index is 2.65. The molecular weight excluding hydrogens is 278 g/mol. The number of nitrogen functional groups attached to an aromatic ring is 1. The normalized spacial score (nSPS) is 12.5. The monoisotopic (exact) mass is 293 g/mol. The Hall–Kier alpha value is -1.19. The number of nitrogens with one attached hydrogen (secondary N) is 1. The molecule has 18 heavy (non-hydrogen) atoms. The zero-order valence-electron chi connectivity index (χ0n) is 9.83. The highest BCUT2D eigenvalue weighted by Gasteiger charge is 2.18. The van der Waals surface area contributed by atoms with Gasteiger partial charge in [-0.1, -0.05) is 0 Å². The topological polar surface area (TPSA) is 119 Å². The predicted molar refractivity (Wildman–Crippen MR) is 68.2 cm³/mol. The summed E-state index contributed by atoms with van der Waals surface area (Å²) in [5.41, 5.74) is 5.55. The van der Waals surface area contributed by atoms with Crippen molar-refractivity contribution in [3.05, 3.63) is 18.3 Å². The maximum absolute atomic E-state index is 11.8. The summed E-state index contributed by atoms with van der Waals surface area (Å²) < 4.78 is 47.5. The van der Waals surface area contributed by atoms with Gasteiger partial charge < -0.3 is 5.73 Å². The summed E-state index contributed by atoms with van der Waals surface area (Å²) in [6.45, 7) is 0.0193. The van der Waals surface area contributed by atoms with Gasteiger partial charge in [0.05, 0.1) is 11.4 Å². The third kappa shape index (κ3) is 4.59. The second-order valence-electron chi connectivity index (χ2n) is 3.78. The number of hydrogen-bond donors (Lipinski definition) is 2. The number of nitrogens with zero attached hydrogens (tertiary/aromatic N) is 1. The first-order valence-electron chi connectivity index (χ1n) is 5.10. The molecule has 0 aromatic carbocycles. The van der Waals surface area contributed by atoms with Crippen molar-refractivity contribution in [1.82, 2.24) is 9.71 Å². The van der Waals surface area contributed by atoms with E-state index in [1.54, 1.807) is 0 Å². The van der Waals surface area contributed by atoms with Crippen LogP contribution in [0.25, 0.3) is 0 Å². The Morgan fingerprint density at radius 1 is 1.33 bits per heavy atom. The van der Waals surface area contributed by atoms with Gasteiger partial charge in [0, 0.05) is 19.0 Å². The van der Waals surface area contributed by atoms with E-state index in [1.165, 1.54) is 18.3 Å². The molecule has 9 heteroatoms. The third-order valence-corrected chi connectivity index (χ3v) is 4.50. The SMILES string of the molecule is CS(=O)(=O)CCCNS(=O)(=O)c1ncccc1N. The van der Waals surface area contributed by atoms with Gasteiger partial charge in [0.1, 0.15) is 9.84 Å². The number of nitrogens with two attached hydrogens (primary N) is 1. The molecule has 1 aromatic rings. The molecule has 0 saturated heterocycles. The highest BCUT2D eigenvalue weighted by molar-refractivity contribution is 7.90. The lowest BCUT2D eigenvalue weighted by Gasteiger charge is -2.07. The molecule has 0 amide bonds. The lowest BCUT2D eigenvalue weighted by Crippen LogP contribution is -2.27. The second kappa shape index (κ2) is 5.63. The lowest BCUT2D eigenvalue weighted by molar-refractivity contribution is 0.574. The van der Waals surface area contributed by atoms with Gasteiger partial charge in [0.15, 0.2) is 5.03 Å².